The molecule has 0 saturated carbocycles. The standard InChI is InChI=1S/C10H7IO3S/c11-10-8-4-2-1-3-7(8)5-6-9(10)15(12,13)14/h1-6H,(H,12,13,14). The van der Waals surface area contributed by atoms with E-state index in [0.29, 0.717) is 3.57 Å². The van der Waals surface area contributed by atoms with Crippen molar-refractivity contribution >= 4 is 43.5 Å². The van der Waals surface area contributed by atoms with E-state index in [1.165, 1.54) is 6.07 Å². The molecule has 0 aromatic heterocycles. The largest absolute Gasteiger partial charge is 0.295 e. The molecule has 0 heterocycles. The van der Waals surface area contributed by atoms with Crippen LogP contribution in [0.4, 0.5) is 0 Å². The summed E-state index contributed by atoms with van der Waals surface area (Å²) >= 11 is 1.92. The van der Waals surface area contributed by atoms with Crippen LogP contribution < -0.4 is 0 Å². The highest BCUT2D eigenvalue weighted by Gasteiger charge is 2.15. The highest BCUT2D eigenvalue weighted by molar-refractivity contribution is 14.1. The molecule has 0 fully saturated rings. The van der Waals surface area contributed by atoms with Crippen LogP contribution in [-0.4, -0.2) is 13.0 Å². The lowest BCUT2D eigenvalue weighted by Crippen LogP contribution is -2.00. The van der Waals surface area contributed by atoms with Crippen molar-refractivity contribution < 1.29 is 13.0 Å². The van der Waals surface area contributed by atoms with E-state index in [4.69, 9.17) is 4.55 Å². The van der Waals surface area contributed by atoms with Gasteiger partial charge in [-0.2, -0.15) is 8.42 Å². The summed E-state index contributed by atoms with van der Waals surface area (Å²) in [6, 6.07) is 10.5. The lowest BCUT2D eigenvalue weighted by molar-refractivity contribution is 0.482. The van der Waals surface area contributed by atoms with Gasteiger partial charge in [0.1, 0.15) is 4.90 Å². The maximum absolute atomic E-state index is 11.0. The Morgan fingerprint density at radius 2 is 1.73 bits per heavy atom. The molecular formula is C10H7IO3S. The van der Waals surface area contributed by atoms with Crippen LogP contribution in [-0.2, 0) is 10.1 Å². The molecule has 0 unspecified atom stereocenters. The van der Waals surface area contributed by atoms with Gasteiger partial charge in [0, 0.05) is 3.57 Å². The fourth-order valence-electron chi connectivity index (χ4n) is 1.41. The van der Waals surface area contributed by atoms with Gasteiger partial charge in [-0.3, -0.25) is 4.55 Å². The van der Waals surface area contributed by atoms with E-state index < -0.39 is 10.1 Å². The second kappa shape index (κ2) is 3.73. The third kappa shape index (κ3) is 1.99. The minimum absolute atomic E-state index is 0.0400. The molecular weight excluding hydrogens is 327 g/mol. The number of fused-ring (bicyclic) bond motifs is 1. The Hall–Kier alpha value is -0.660. The first kappa shape index (κ1) is 10.8. The number of benzene rings is 2. The molecule has 0 atom stereocenters. The van der Waals surface area contributed by atoms with E-state index in [9.17, 15) is 8.42 Å². The van der Waals surface area contributed by atoms with E-state index in [0.717, 1.165) is 10.8 Å². The second-order valence-electron chi connectivity index (χ2n) is 3.07. The number of rotatable bonds is 1. The first-order valence-corrected chi connectivity index (χ1v) is 6.67. The molecule has 0 amide bonds. The van der Waals surface area contributed by atoms with E-state index >= 15 is 0 Å². The summed E-state index contributed by atoms with van der Waals surface area (Å²) in [7, 11) is -4.13. The van der Waals surface area contributed by atoms with Gasteiger partial charge >= 0.3 is 0 Å². The minimum Gasteiger partial charge on any atom is -0.282 e. The van der Waals surface area contributed by atoms with Gasteiger partial charge in [0.05, 0.1) is 0 Å². The van der Waals surface area contributed by atoms with Gasteiger partial charge in [0.15, 0.2) is 0 Å². The summed E-state index contributed by atoms with van der Waals surface area (Å²) in [5.41, 5.74) is 0. The molecule has 0 bridgehead atoms. The second-order valence-corrected chi connectivity index (χ2v) is 5.54. The Labute approximate surface area is 101 Å². The SMILES string of the molecule is O=S(=O)(O)c1ccc2ccccc2c1I. The quantitative estimate of drug-likeness (QED) is 0.644. The Balaban J connectivity index is 2.88. The third-order valence-corrected chi connectivity index (χ3v) is 4.53. The zero-order chi connectivity index (χ0) is 11.1. The van der Waals surface area contributed by atoms with E-state index in [2.05, 4.69) is 0 Å². The predicted octanol–water partition coefficient (Wildman–Crippen LogP) is 2.69. The van der Waals surface area contributed by atoms with E-state index in [1.54, 1.807) is 6.07 Å². The number of hydrogen-bond donors (Lipinski definition) is 1. The average molecular weight is 334 g/mol. The first-order chi connectivity index (χ1) is 7.00. The van der Waals surface area contributed by atoms with Crippen LogP contribution in [0.15, 0.2) is 41.3 Å². The van der Waals surface area contributed by atoms with Gasteiger partial charge < -0.3 is 0 Å². The topological polar surface area (TPSA) is 54.4 Å². The van der Waals surface area contributed by atoms with Gasteiger partial charge in [-0.25, -0.2) is 0 Å². The Kier molecular flexibility index (Phi) is 2.70. The average Bonchev–Trinajstić information content (AvgIpc) is 2.16. The predicted molar refractivity (Wildman–Crippen MR) is 66.5 cm³/mol. The van der Waals surface area contributed by atoms with Crippen LogP contribution in [0, 0.1) is 3.57 Å². The monoisotopic (exact) mass is 334 g/mol. The summed E-state index contributed by atoms with van der Waals surface area (Å²) in [5, 5.41) is 1.78. The Morgan fingerprint density at radius 3 is 2.40 bits per heavy atom. The van der Waals surface area contributed by atoms with Gasteiger partial charge in [-0.05, 0) is 39.4 Å². The Bertz CT molecular complexity index is 620. The fraction of sp³-hybridized carbons (Fsp3) is 0. The molecule has 0 aliphatic rings. The van der Waals surface area contributed by atoms with Crippen molar-refractivity contribution in [3.63, 3.8) is 0 Å². The van der Waals surface area contributed by atoms with Crippen molar-refractivity contribution in [1.82, 2.24) is 0 Å². The minimum atomic E-state index is -4.13. The Morgan fingerprint density at radius 1 is 1.07 bits per heavy atom. The van der Waals surface area contributed by atoms with Gasteiger partial charge in [-0.15, -0.1) is 0 Å². The zero-order valence-electron chi connectivity index (χ0n) is 7.51. The van der Waals surface area contributed by atoms with Crippen LogP contribution in [0.1, 0.15) is 0 Å². The van der Waals surface area contributed by atoms with Crippen molar-refractivity contribution in [2.24, 2.45) is 0 Å². The van der Waals surface area contributed by atoms with Crippen LogP contribution in [0.25, 0.3) is 10.8 Å². The molecule has 0 radical (unpaired) electrons. The molecule has 0 aliphatic heterocycles. The van der Waals surface area contributed by atoms with Crippen LogP contribution in [0.3, 0.4) is 0 Å². The summed E-state index contributed by atoms with van der Waals surface area (Å²) in [5.74, 6) is 0. The molecule has 1 N–H and O–H groups in total. The maximum Gasteiger partial charge on any atom is 0.295 e. The van der Waals surface area contributed by atoms with Crippen LogP contribution >= 0.6 is 22.6 Å². The van der Waals surface area contributed by atoms with Crippen molar-refractivity contribution in [2.45, 2.75) is 4.90 Å². The third-order valence-electron chi connectivity index (χ3n) is 2.11. The van der Waals surface area contributed by atoms with Crippen molar-refractivity contribution in [1.29, 1.82) is 0 Å². The van der Waals surface area contributed by atoms with Crippen LogP contribution in [0.5, 0.6) is 0 Å². The normalized spacial score (nSPS) is 11.9. The molecule has 3 nitrogen and oxygen atoms in total. The first-order valence-electron chi connectivity index (χ1n) is 4.15. The van der Waals surface area contributed by atoms with Crippen molar-refractivity contribution in [2.75, 3.05) is 0 Å². The molecule has 2 rings (SSSR count). The van der Waals surface area contributed by atoms with Gasteiger partial charge in [0.25, 0.3) is 10.1 Å². The molecule has 15 heavy (non-hydrogen) atoms. The lowest BCUT2D eigenvalue weighted by Gasteiger charge is -2.04. The molecule has 5 heteroatoms. The lowest BCUT2D eigenvalue weighted by atomic mass is 10.1. The highest BCUT2D eigenvalue weighted by atomic mass is 127. The van der Waals surface area contributed by atoms with Gasteiger partial charge in [-0.1, -0.05) is 30.3 Å². The molecule has 0 aliphatic carbocycles. The number of halogens is 1. The molecule has 0 spiro atoms. The smallest absolute Gasteiger partial charge is 0.282 e. The van der Waals surface area contributed by atoms with E-state index in [-0.39, 0.29) is 4.90 Å². The highest BCUT2D eigenvalue weighted by Crippen LogP contribution is 2.26. The molecule has 2 aromatic carbocycles. The molecule has 0 saturated heterocycles. The fourth-order valence-corrected chi connectivity index (χ4v) is 3.50. The maximum atomic E-state index is 11.0. The van der Waals surface area contributed by atoms with Crippen LogP contribution in [0.2, 0.25) is 0 Å². The van der Waals surface area contributed by atoms with Crippen molar-refractivity contribution in [3.05, 3.63) is 40.0 Å². The summed E-state index contributed by atoms with van der Waals surface area (Å²) in [4.78, 5) is -0.0400. The molecule has 2 aromatic rings. The summed E-state index contributed by atoms with van der Waals surface area (Å²) < 4.78 is 31.6. The molecule has 78 valence electrons. The van der Waals surface area contributed by atoms with E-state index in [1.807, 2.05) is 46.9 Å². The van der Waals surface area contributed by atoms with Gasteiger partial charge in [0.2, 0.25) is 0 Å². The summed E-state index contributed by atoms with van der Waals surface area (Å²) in [6.45, 7) is 0. The zero-order valence-corrected chi connectivity index (χ0v) is 10.5. The summed E-state index contributed by atoms with van der Waals surface area (Å²) in [6.07, 6.45) is 0. The van der Waals surface area contributed by atoms with Crippen molar-refractivity contribution in [3.8, 4) is 0 Å². The number of hydrogen-bond acceptors (Lipinski definition) is 2.